The second kappa shape index (κ2) is 5.54. The fraction of sp³-hybridized carbons (Fsp3) is 0.462. The van der Waals surface area contributed by atoms with Crippen molar-refractivity contribution in [1.29, 1.82) is 0 Å². The van der Waals surface area contributed by atoms with Gasteiger partial charge in [0.1, 0.15) is 0 Å². The first-order valence-electron chi connectivity index (χ1n) is 5.99. The lowest BCUT2D eigenvalue weighted by molar-refractivity contribution is 0.580. The molecule has 96 valence electrons. The van der Waals surface area contributed by atoms with Crippen LogP contribution in [0.2, 0.25) is 0 Å². The third-order valence-corrected chi connectivity index (χ3v) is 3.90. The summed E-state index contributed by atoms with van der Waals surface area (Å²) in [5.41, 5.74) is 4.22. The molecule has 0 aliphatic rings. The van der Waals surface area contributed by atoms with Crippen molar-refractivity contribution in [2.45, 2.75) is 33.2 Å². The molecule has 0 radical (unpaired) electrons. The quantitative estimate of drug-likeness (QED) is 0.919. The van der Waals surface area contributed by atoms with Gasteiger partial charge in [-0.2, -0.15) is 10.2 Å². The molecule has 1 unspecified atom stereocenters. The maximum absolute atomic E-state index is 4.52. The van der Waals surface area contributed by atoms with E-state index in [4.69, 9.17) is 0 Å². The minimum absolute atomic E-state index is 0.241. The predicted molar refractivity (Wildman–Crippen MR) is 73.9 cm³/mol. The van der Waals surface area contributed by atoms with Crippen molar-refractivity contribution >= 4 is 11.3 Å². The number of nitrogens with one attached hydrogen (secondary N) is 1. The number of hydrogen-bond acceptors (Lipinski definition) is 5. The summed E-state index contributed by atoms with van der Waals surface area (Å²) in [6.07, 6.45) is 0.890. The Hall–Kier alpha value is -1.33. The van der Waals surface area contributed by atoms with E-state index in [0.717, 1.165) is 28.5 Å². The molecule has 0 fully saturated rings. The molecular formula is C13H18N4S. The molecular weight excluding hydrogens is 244 g/mol. The molecule has 2 aromatic rings. The second-order valence-corrected chi connectivity index (χ2v) is 5.40. The van der Waals surface area contributed by atoms with Crippen LogP contribution < -0.4 is 5.32 Å². The first-order chi connectivity index (χ1) is 8.60. The summed E-state index contributed by atoms with van der Waals surface area (Å²) in [5, 5.41) is 14.8. The Morgan fingerprint density at radius 1 is 1.22 bits per heavy atom. The Morgan fingerprint density at radius 3 is 2.61 bits per heavy atom. The minimum atomic E-state index is 0.241. The maximum Gasteiger partial charge on any atom is 0.0947 e. The van der Waals surface area contributed by atoms with Gasteiger partial charge in [0, 0.05) is 23.5 Å². The standard InChI is InChI=1S/C13H18N4S/c1-8-5-11(10(3)17-16-8)12(14-4)6-13-15-9(2)7-18-13/h5,7,12,14H,6H2,1-4H3. The van der Waals surface area contributed by atoms with Crippen LogP contribution in [0.5, 0.6) is 0 Å². The lowest BCUT2D eigenvalue weighted by Gasteiger charge is -2.17. The van der Waals surface area contributed by atoms with Crippen molar-refractivity contribution in [3.8, 4) is 0 Å². The van der Waals surface area contributed by atoms with Gasteiger partial charge in [-0.15, -0.1) is 11.3 Å². The van der Waals surface area contributed by atoms with Gasteiger partial charge in [0.2, 0.25) is 0 Å². The summed E-state index contributed by atoms with van der Waals surface area (Å²) in [6, 6.07) is 2.34. The average molecular weight is 262 g/mol. The highest BCUT2D eigenvalue weighted by Gasteiger charge is 2.15. The van der Waals surface area contributed by atoms with Crippen LogP contribution >= 0.6 is 11.3 Å². The van der Waals surface area contributed by atoms with Gasteiger partial charge in [-0.25, -0.2) is 4.98 Å². The number of hydrogen-bond donors (Lipinski definition) is 1. The molecule has 0 bridgehead atoms. The summed E-state index contributed by atoms with van der Waals surface area (Å²) >= 11 is 1.71. The summed E-state index contributed by atoms with van der Waals surface area (Å²) in [6.45, 7) is 5.99. The zero-order valence-electron chi connectivity index (χ0n) is 11.2. The van der Waals surface area contributed by atoms with E-state index in [1.54, 1.807) is 11.3 Å². The van der Waals surface area contributed by atoms with E-state index in [-0.39, 0.29) is 6.04 Å². The zero-order valence-corrected chi connectivity index (χ0v) is 12.0. The van der Waals surface area contributed by atoms with E-state index in [0.29, 0.717) is 0 Å². The van der Waals surface area contributed by atoms with Crippen LogP contribution in [-0.2, 0) is 6.42 Å². The molecule has 0 aliphatic carbocycles. The van der Waals surface area contributed by atoms with E-state index in [2.05, 4.69) is 31.9 Å². The second-order valence-electron chi connectivity index (χ2n) is 4.45. The number of thiazole rings is 1. The van der Waals surface area contributed by atoms with E-state index < -0.39 is 0 Å². The van der Waals surface area contributed by atoms with Crippen molar-refractivity contribution in [2.75, 3.05) is 7.05 Å². The number of likely N-dealkylation sites (N-methyl/N-ethyl adjacent to an activating group) is 1. The molecule has 0 aliphatic heterocycles. The van der Waals surface area contributed by atoms with Crippen molar-refractivity contribution in [1.82, 2.24) is 20.5 Å². The molecule has 1 atom stereocenters. The van der Waals surface area contributed by atoms with Gasteiger partial charge in [0.25, 0.3) is 0 Å². The Morgan fingerprint density at radius 2 is 2.00 bits per heavy atom. The molecule has 0 spiro atoms. The van der Waals surface area contributed by atoms with Gasteiger partial charge in [0.05, 0.1) is 16.4 Å². The lowest BCUT2D eigenvalue weighted by atomic mass is 10.0. The summed E-state index contributed by atoms with van der Waals surface area (Å²) in [4.78, 5) is 4.52. The number of aromatic nitrogens is 3. The van der Waals surface area contributed by atoms with Crippen LogP contribution in [0.4, 0.5) is 0 Å². The Kier molecular flexibility index (Phi) is 4.04. The van der Waals surface area contributed by atoms with Gasteiger partial charge in [0.15, 0.2) is 0 Å². The topological polar surface area (TPSA) is 50.7 Å². The SMILES string of the molecule is CNC(Cc1nc(C)cs1)c1cc(C)nnc1C. The number of rotatable bonds is 4. The van der Waals surface area contributed by atoms with Gasteiger partial charge in [-0.1, -0.05) is 0 Å². The highest BCUT2D eigenvalue weighted by Crippen LogP contribution is 2.22. The third-order valence-electron chi connectivity index (χ3n) is 2.91. The smallest absolute Gasteiger partial charge is 0.0947 e. The minimum Gasteiger partial charge on any atom is -0.313 e. The van der Waals surface area contributed by atoms with E-state index in [9.17, 15) is 0 Å². The number of aryl methyl sites for hydroxylation is 3. The van der Waals surface area contributed by atoms with Crippen molar-refractivity contribution < 1.29 is 0 Å². The largest absolute Gasteiger partial charge is 0.313 e. The predicted octanol–water partition coefficient (Wildman–Crippen LogP) is 2.36. The first kappa shape index (κ1) is 13.1. The first-order valence-corrected chi connectivity index (χ1v) is 6.87. The highest BCUT2D eigenvalue weighted by molar-refractivity contribution is 7.09. The molecule has 4 nitrogen and oxygen atoms in total. The Bertz CT molecular complexity index is 536. The third kappa shape index (κ3) is 2.91. The summed E-state index contributed by atoms with van der Waals surface area (Å²) in [7, 11) is 1.97. The molecule has 0 saturated carbocycles. The van der Waals surface area contributed by atoms with Crippen molar-refractivity contribution in [3.63, 3.8) is 0 Å². The molecule has 0 amide bonds. The number of nitrogens with zero attached hydrogens (tertiary/aromatic N) is 3. The lowest BCUT2D eigenvalue weighted by Crippen LogP contribution is -2.20. The highest BCUT2D eigenvalue weighted by atomic mass is 32.1. The zero-order chi connectivity index (χ0) is 13.1. The van der Waals surface area contributed by atoms with E-state index >= 15 is 0 Å². The van der Waals surface area contributed by atoms with Crippen LogP contribution in [0.25, 0.3) is 0 Å². The van der Waals surface area contributed by atoms with Gasteiger partial charge in [-0.3, -0.25) is 0 Å². The van der Waals surface area contributed by atoms with Crippen LogP contribution in [0.3, 0.4) is 0 Å². The van der Waals surface area contributed by atoms with Crippen LogP contribution in [0.15, 0.2) is 11.4 Å². The molecule has 5 heteroatoms. The molecule has 2 heterocycles. The molecule has 1 N–H and O–H groups in total. The summed E-state index contributed by atoms with van der Waals surface area (Å²) in [5.74, 6) is 0. The fourth-order valence-corrected chi connectivity index (χ4v) is 2.78. The van der Waals surface area contributed by atoms with E-state index in [1.165, 1.54) is 5.56 Å². The Balaban J connectivity index is 2.25. The average Bonchev–Trinajstić information content (AvgIpc) is 2.75. The van der Waals surface area contributed by atoms with Crippen LogP contribution in [0.1, 0.15) is 33.7 Å². The monoisotopic (exact) mass is 262 g/mol. The van der Waals surface area contributed by atoms with Crippen molar-refractivity contribution in [2.24, 2.45) is 0 Å². The van der Waals surface area contributed by atoms with Crippen molar-refractivity contribution in [3.05, 3.63) is 39.1 Å². The fourth-order valence-electron chi connectivity index (χ4n) is 1.96. The normalized spacial score (nSPS) is 12.7. The van der Waals surface area contributed by atoms with Crippen LogP contribution in [-0.4, -0.2) is 22.2 Å². The van der Waals surface area contributed by atoms with Gasteiger partial charge in [-0.05, 0) is 39.4 Å². The molecule has 0 saturated heterocycles. The molecule has 18 heavy (non-hydrogen) atoms. The maximum atomic E-state index is 4.52. The van der Waals surface area contributed by atoms with Gasteiger partial charge >= 0.3 is 0 Å². The summed E-state index contributed by atoms with van der Waals surface area (Å²) < 4.78 is 0. The Labute approximate surface area is 111 Å². The van der Waals surface area contributed by atoms with Gasteiger partial charge < -0.3 is 5.32 Å². The van der Waals surface area contributed by atoms with E-state index in [1.807, 2.05) is 27.8 Å². The molecule has 0 aromatic carbocycles. The van der Waals surface area contributed by atoms with Crippen LogP contribution in [0, 0.1) is 20.8 Å². The molecule has 2 aromatic heterocycles. The molecule has 2 rings (SSSR count).